The van der Waals surface area contributed by atoms with Crippen molar-refractivity contribution in [3.05, 3.63) is 17.2 Å². The van der Waals surface area contributed by atoms with Crippen LogP contribution in [-0.2, 0) is 11.3 Å². The SMILES string of the molecule is CC1c2c(Cl)ncn2CCN1C(=O)OC(C)(C)C. The first-order valence-corrected chi connectivity index (χ1v) is 6.37. The topological polar surface area (TPSA) is 47.4 Å². The predicted molar refractivity (Wildman–Crippen MR) is 68.6 cm³/mol. The molecule has 0 spiro atoms. The van der Waals surface area contributed by atoms with Crippen LogP contribution in [0, 0.1) is 0 Å². The zero-order chi connectivity index (χ0) is 13.5. The summed E-state index contributed by atoms with van der Waals surface area (Å²) >= 11 is 6.04. The molecule has 2 heterocycles. The van der Waals surface area contributed by atoms with Crippen LogP contribution in [0.4, 0.5) is 4.79 Å². The molecule has 1 aromatic heterocycles. The van der Waals surface area contributed by atoms with Crippen molar-refractivity contribution in [2.75, 3.05) is 6.54 Å². The van der Waals surface area contributed by atoms with Gasteiger partial charge in [0.05, 0.1) is 18.1 Å². The molecule has 0 aliphatic carbocycles. The summed E-state index contributed by atoms with van der Waals surface area (Å²) in [6.07, 6.45) is 1.40. The Balaban J connectivity index is 2.19. The predicted octanol–water partition coefficient (Wildman–Crippen LogP) is 2.85. The van der Waals surface area contributed by atoms with E-state index in [0.717, 1.165) is 5.69 Å². The van der Waals surface area contributed by atoms with Crippen molar-refractivity contribution in [1.82, 2.24) is 14.5 Å². The maximum atomic E-state index is 12.1. The van der Waals surface area contributed by atoms with Gasteiger partial charge in [0.2, 0.25) is 0 Å². The van der Waals surface area contributed by atoms with Crippen molar-refractivity contribution in [2.24, 2.45) is 0 Å². The largest absolute Gasteiger partial charge is 0.444 e. The third-order valence-electron chi connectivity index (χ3n) is 2.90. The lowest BCUT2D eigenvalue weighted by atomic mass is 10.1. The Bertz CT molecular complexity index is 464. The quantitative estimate of drug-likeness (QED) is 0.729. The molecule has 1 atom stereocenters. The van der Waals surface area contributed by atoms with Gasteiger partial charge in [-0.15, -0.1) is 0 Å². The van der Waals surface area contributed by atoms with Gasteiger partial charge in [0.25, 0.3) is 0 Å². The van der Waals surface area contributed by atoms with Crippen molar-refractivity contribution >= 4 is 17.7 Å². The lowest BCUT2D eigenvalue weighted by molar-refractivity contribution is 0.0127. The van der Waals surface area contributed by atoms with E-state index in [9.17, 15) is 4.79 Å². The van der Waals surface area contributed by atoms with Gasteiger partial charge in [-0.05, 0) is 27.7 Å². The van der Waals surface area contributed by atoms with E-state index < -0.39 is 5.60 Å². The Labute approximate surface area is 112 Å². The maximum absolute atomic E-state index is 12.1. The van der Waals surface area contributed by atoms with Gasteiger partial charge in [-0.2, -0.15) is 0 Å². The van der Waals surface area contributed by atoms with Crippen LogP contribution in [-0.4, -0.2) is 32.7 Å². The molecular weight excluding hydrogens is 254 g/mol. The summed E-state index contributed by atoms with van der Waals surface area (Å²) in [7, 11) is 0. The lowest BCUT2D eigenvalue weighted by Crippen LogP contribution is -2.43. The maximum Gasteiger partial charge on any atom is 0.410 e. The van der Waals surface area contributed by atoms with Gasteiger partial charge in [0, 0.05) is 13.1 Å². The third-order valence-corrected chi connectivity index (χ3v) is 3.20. The molecule has 1 aliphatic rings. The van der Waals surface area contributed by atoms with Crippen LogP contribution in [0.2, 0.25) is 5.15 Å². The minimum absolute atomic E-state index is 0.122. The van der Waals surface area contributed by atoms with Gasteiger partial charge in [0.15, 0.2) is 5.15 Å². The lowest BCUT2D eigenvalue weighted by Gasteiger charge is -2.35. The Morgan fingerprint density at radius 3 is 2.78 bits per heavy atom. The van der Waals surface area contributed by atoms with Crippen molar-refractivity contribution < 1.29 is 9.53 Å². The van der Waals surface area contributed by atoms with Crippen LogP contribution >= 0.6 is 11.6 Å². The Morgan fingerprint density at radius 1 is 1.50 bits per heavy atom. The highest BCUT2D eigenvalue weighted by Crippen LogP contribution is 2.31. The molecule has 0 saturated carbocycles. The van der Waals surface area contributed by atoms with Gasteiger partial charge in [0.1, 0.15) is 5.60 Å². The minimum atomic E-state index is -0.488. The fourth-order valence-electron chi connectivity index (χ4n) is 2.08. The summed E-state index contributed by atoms with van der Waals surface area (Å²) in [6, 6.07) is -0.122. The Kier molecular flexibility index (Phi) is 3.27. The van der Waals surface area contributed by atoms with Crippen molar-refractivity contribution in [2.45, 2.75) is 45.9 Å². The number of imidazole rings is 1. The average molecular weight is 272 g/mol. The molecule has 0 radical (unpaired) electrons. The number of ether oxygens (including phenoxy) is 1. The molecule has 100 valence electrons. The number of nitrogens with zero attached hydrogens (tertiary/aromatic N) is 3. The van der Waals surface area contributed by atoms with Crippen LogP contribution in [0.25, 0.3) is 0 Å². The molecule has 1 aromatic rings. The van der Waals surface area contributed by atoms with E-state index in [1.807, 2.05) is 32.3 Å². The zero-order valence-corrected chi connectivity index (χ0v) is 11.9. The molecule has 0 N–H and O–H groups in total. The second-order valence-electron chi connectivity index (χ2n) is 5.46. The summed E-state index contributed by atoms with van der Waals surface area (Å²) in [5, 5.41) is 0.454. The van der Waals surface area contributed by atoms with Crippen molar-refractivity contribution in [1.29, 1.82) is 0 Å². The van der Waals surface area contributed by atoms with Crippen molar-refractivity contribution in [3.8, 4) is 0 Å². The summed E-state index contributed by atoms with van der Waals surface area (Å²) in [5.41, 5.74) is 0.381. The van der Waals surface area contributed by atoms with Crippen LogP contribution in [0.5, 0.6) is 0 Å². The van der Waals surface area contributed by atoms with Crippen LogP contribution in [0.15, 0.2) is 6.33 Å². The van der Waals surface area contributed by atoms with Crippen LogP contribution in [0.3, 0.4) is 0 Å². The van der Waals surface area contributed by atoms with E-state index in [2.05, 4.69) is 4.98 Å². The first-order chi connectivity index (χ1) is 8.29. The molecule has 5 nitrogen and oxygen atoms in total. The number of rotatable bonds is 0. The molecule has 0 bridgehead atoms. The highest BCUT2D eigenvalue weighted by molar-refractivity contribution is 6.30. The average Bonchev–Trinajstić information content (AvgIpc) is 2.58. The monoisotopic (exact) mass is 271 g/mol. The second kappa shape index (κ2) is 4.46. The number of carbonyl (C=O) groups excluding carboxylic acids is 1. The number of hydrogen-bond acceptors (Lipinski definition) is 3. The smallest absolute Gasteiger partial charge is 0.410 e. The van der Waals surface area contributed by atoms with E-state index in [1.54, 1.807) is 11.2 Å². The summed E-state index contributed by atoms with van der Waals surface area (Å²) in [6.45, 7) is 8.81. The van der Waals surface area contributed by atoms with Gasteiger partial charge >= 0.3 is 6.09 Å². The van der Waals surface area contributed by atoms with Gasteiger partial charge in [-0.3, -0.25) is 4.90 Å². The van der Waals surface area contributed by atoms with E-state index >= 15 is 0 Å². The molecule has 0 aromatic carbocycles. The van der Waals surface area contributed by atoms with Crippen molar-refractivity contribution in [3.63, 3.8) is 0 Å². The van der Waals surface area contributed by atoms with Gasteiger partial charge in [-0.1, -0.05) is 11.6 Å². The normalized spacial score (nSPS) is 19.6. The standard InChI is InChI=1S/C12H18ClN3O2/c1-8-9-10(13)14-7-15(9)5-6-16(8)11(17)18-12(2,3)4/h7-8H,5-6H2,1-4H3. The van der Waals surface area contributed by atoms with E-state index in [4.69, 9.17) is 16.3 Å². The van der Waals surface area contributed by atoms with Crippen LogP contribution < -0.4 is 0 Å². The van der Waals surface area contributed by atoms with E-state index in [1.165, 1.54) is 0 Å². The first kappa shape index (κ1) is 13.2. The zero-order valence-electron chi connectivity index (χ0n) is 11.1. The number of halogens is 1. The third kappa shape index (κ3) is 2.46. The number of hydrogen-bond donors (Lipinski definition) is 0. The molecule has 1 unspecified atom stereocenters. The van der Waals surface area contributed by atoms with E-state index in [0.29, 0.717) is 18.2 Å². The fraction of sp³-hybridized carbons (Fsp3) is 0.667. The Hall–Kier alpha value is -1.23. The number of carbonyl (C=O) groups is 1. The van der Waals surface area contributed by atoms with Crippen LogP contribution in [0.1, 0.15) is 39.4 Å². The summed E-state index contributed by atoms with van der Waals surface area (Å²) < 4.78 is 7.37. The summed E-state index contributed by atoms with van der Waals surface area (Å²) in [4.78, 5) is 17.9. The molecular formula is C12H18ClN3O2. The molecule has 18 heavy (non-hydrogen) atoms. The number of aromatic nitrogens is 2. The molecule has 0 fully saturated rings. The molecule has 1 aliphatic heterocycles. The highest BCUT2D eigenvalue weighted by atomic mass is 35.5. The molecule has 6 heteroatoms. The highest BCUT2D eigenvalue weighted by Gasteiger charge is 2.32. The van der Waals surface area contributed by atoms with Gasteiger partial charge in [-0.25, -0.2) is 9.78 Å². The fourth-order valence-corrected chi connectivity index (χ4v) is 2.39. The molecule has 1 amide bonds. The van der Waals surface area contributed by atoms with E-state index in [-0.39, 0.29) is 12.1 Å². The summed E-state index contributed by atoms with van der Waals surface area (Å²) in [5.74, 6) is 0. The first-order valence-electron chi connectivity index (χ1n) is 6.00. The minimum Gasteiger partial charge on any atom is -0.444 e. The number of fused-ring (bicyclic) bond motifs is 1. The number of amides is 1. The second-order valence-corrected chi connectivity index (χ2v) is 5.82. The molecule has 2 rings (SSSR count). The molecule has 0 saturated heterocycles. The Morgan fingerprint density at radius 2 is 2.17 bits per heavy atom. The van der Waals surface area contributed by atoms with Gasteiger partial charge < -0.3 is 9.30 Å².